The van der Waals surface area contributed by atoms with Gasteiger partial charge in [-0.3, -0.25) is 14.4 Å². The minimum atomic E-state index is -1.47. The quantitative estimate of drug-likeness (QED) is 0.334. The van der Waals surface area contributed by atoms with E-state index in [1.807, 2.05) is 62.4 Å². The van der Waals surface area contributed by atoms with Gasteiger partial charge in [0.15, 0.2) is 0 Å². The molecule has 214 valence electrons. The van der Waals surface area contributed by atoms with Crippen molar-refractivity contribution in [3.05, 3.63) is 77.4 Å². The largest absolute Gasteiger partial charge is 0.444 e. The van der Waals surface area contributed by atoms with Gasteiger partial charge in [-0.25, -0.2) is 4.79 Å². The number of nitrogens with zero attached hydrogens (tertiary/aromatic N) is 2. The third-order valence-electron chi connectivity index (χ3n) is 6.06. The molecule has 2 unspecified atom stereocenters. The van der Waals surface area contributed by atoms with Crippen molar-refractivity contribution in [2.24, 2.45) is 5.73 Å². The van der Waals surface area contributed by atoms with E-state index in [4.69, 9.17) is 10.5 Å². The Kier molecular flexibility index (Phi) is 9.68. The molecule has 0 bridgehead atoms. The Bertz CT molecular complexity index is 1480. The highest BCUT2D eigenvalue weighted by molar-refractivity contribution is 6.01. The van der Waals surface area contributed by atoms with Gasteiger partial charge in [-0.1, -0.05) is 59.7 Å². The summed E-state index contributed by atoms with van der Waals surface area (Å²) in [4.78, 5) is 53.3. The number of hydrogen-bond donors (Lipinski definition) is 3. The van der Waals surface area contributed by atoms with Gasteiger partial charge < -0.3 is 26.0 Å². The predicted molar refractivity (Wildman–Crippen MR) is 156 cm³/mol. The maximum absolute atomic E-state index is 13.9. The lowest BCUT2D eigenvalue weighted by atomic mass is 9.98. The number of anilines is 1. The number of amides is 4. The maximum Gasteiger partial charge on any atom is 0.408 e. The summed E-state index contributed by atoms with van der Waals surface area (Å²) in [5.41, 5.74) is 7.15. The van der Waals surface area contributed by atoms with Gasteiger partial charge in [-0.15, -0.1) is 0 Å². The van der Waals surface area contributed by atoms with Crippen LogP contribution < -0.4 is 16.4 Å². The molecule has 0 aliphatic carbocycles. The minimum Gasteiger partial charge on any atom is -0.444 e. The number of nitrogens with two attached hydrogens (primary N) is 1. The summed E-state index contributed by atoms with van der Waals surface area (Å²) in [6.07, 6.45) is -1.51. The van der Waals surface area contributed by atoms with Crippen molar-refractivity contribution in [3.8, 4) is 6.07 Å². The van der Waals surface area contributed by atoms with Crippen molar-refractivity contribution in [2.45, 2.75) is 58.7 Å². The lowest BCUT2D eigenvalue weighted by Crippen LogP contribution is -2.53. The molecule has 10 heteroatoms. The van der Waals surface area contributed by atoms with Gasteiger partial charge in [0.05, 0.1) is 12.5 Å². The van der Waals surface area contributed by atoms with Gasteiger partial charge in [-0.2, -0.15) is 5.26 Å². The van der Waals surface area contributed by atoms with Crippen molar-refractivity contribution in [3.63, 3.8) is 0 Å². The van der Waals surface area contributed by atoms with E-state index in [0.717, 1.165) is 26.8 Å². The number of primary amides is 1. The topological polar surface area (TPSA) is 155 Å². The Labute approximate surface area is 239 Å². The zero-order chi connectivity index (χ0) is 30.3. The van der Waals surface area contributed by atoms with E-state index in [2.05, 4.69) is 10.6 Å². The monoisotopic (exact) mass is 557 g/mol. The molecule has 0 aliphatic rings. The van der Waals surface area contributed by atoms with E-state index < -0.39 is 54.5 Å². The molecule has 4 amide bonds. The Balaban J connectivity index is 2.05. The summed E-state index contributed by atoms with van der Waals surface area (Å²) in [5, 5.41) is 16.8. The van der Waals surface area contributed by atoms with Crippen molar-refractivity contribution in [1.29, 1.82) is 5.26 Å². The van der Waals surface area contributed by atoms with E-state index in [9.17, 15) is 24.4 Å². The van der Waals surface area contributed by atoms with Crippen LogP contribution in [0.4, 0.5) is 10.5 Å². The Hall–Kier alpha value is -4.91. The first-order chi connectivity index (χ1) is 19.3. The molecule has 0 heterocycles. The SMILES string of the molecule is Cc1cc(C)cc(C(C(=O)Nc2ccc3ccccc3c2)N(CC#N)C(=O)C(CC(N)=O)NC(=O)OC(C)(C)C)c1. The molecule has 3 aromatic carbocycles. The zero-order valence-corrected chi connectivity index (χ0v) is 23.9. The number of alkyl carbamates (subject to hydrolysis) is 1. The molecular weight excluding hydrogens is 522 g/mol. The fraction of sp³-hybridized carbons (Fsp3) is 0.323. The standard InChI is InChI=1S/C31H35N5O5/c1-19-14-20(2)16-23(15-19)27(28(38)34-24-11-10-21-8-6-7-9-22(21)17-24)36(13-12-32)29(39)25(18-26(33)37)35-30(40)41-31(3,4)5/h6-11,14-17,25,27H,13,18H2,1-5H3,(H2,33,37)(H,34,38)(H,35,40). The fourth-order valence-corrected chi connectivity index (χ4v) is 4.54. The number of benzene rings is 3. The average molecular weight is 558 g/mol. The summed E-state index contributed by atoms with van der Waals surface area (Å²) in [6.45, 7) is 8.13. The normalized spacial score (nSPS) is 12.5. The number of carbonyl (C=O) groups excluding carboxylic acids is 4. The van der Waals surface area contributed by atoms with Gasteiger partial charge >= 0.3 is 6.09 Å². The van der Waals surface area contributed by atoms with E-state index in [-0.39, 0.29) is 0 Å². The summed E-state index contributed by atoms with van der Waals surface area (Å²) in [6, 6.07) is 17.7. The van der Waals surface area contributed by atoms with Crippen LogP contribution in [0.25, 0.3) is 10.8 Å². The summed E-state index contributed by atoms with van der Waals surface area (Å²) >= 11 is 0. The van der Waals surface area contributed by atoms with Crippen molar-refractivity contribution in [2.75, 3.05) is 11.9 Å². The van der Waals surface area contributed by atoms with Crippen LogP contribution in [0.1, 0.15) is 49.9 Å². The molecular formula is C31H35N5O5. The van der Waals surface area contributed by atoms with E-state index >= 15 is 0 Å². The Morgan fingerprint density at radius 3 is 2.20 bits per heavy atom. The maximum atomic E-state index is 13.9. The molecule has 4 N–H and O–H groups in total. The first-order valence-corrected chi connectivity index (χ1v) is 13.1. The number of rotatable bonds is 9. The number of aryl methyl sites for hydroxylation is 2. The average Bonchev–Trinajstić information content (AvgIpc) is 2.85. The van der Waals surface area contributed by atoms with Crippen LogP contribution in [-0.2, 0) is 19.1 Å². The number of hydrogen-bond acceptors (Lipinski definition) is 6. The minimum absolute atomic E-state index is 0.458. The number of carbonyl (C=O) groups is 4. The molecule has 2 atom stereocenters. The molecule has 0 saturated carbocycles. The van der Waals surface area contributed by atoms with E-state index in [1.54, 1.807) is 39.0 Å². The van der Waals surface area contributed by atoms with E-state index in [1.165, 1.54) is 0 Å². The molecule has 0 spiro atoms. The molecule has 0 saturated heterocycles. The highest BCUT2D eigenvalue weighted by Crippen LogP contribution is 2.27. The molecule has 10 nitrogen and oxygen atoms in total. The highest BCUT2D eigenvalue weighted by Gasteiger charge is 2.37. The Morgan fingerprint density at radius 2 is 1.61 bits per heavy atom. The smallest absolute Gasteiger partial charge is 0.408 e. The highest BCUT2D eigenvalue weighted by atomic mass is 16.6. The van der Waals surface area contributed by atoms with Crippen molar-refractivity contribution >= 4 is 40.3 Å². The predicted octanol–water partition coefficient (Wildman–Crippen LogP) is 4.26. The van der Waals surface area contributed by atoms with Crippen molar-refractivity contribution in [1.82, 2.24) is 10.2 Å². The van der Waals surface area contributed by atoms with Gasteiger partial charge in [0.2, 0.25) is 11.8 Å². The third-order valence-corrected chi connectivity index (χ3v) is 6.06. The number of ether oxygens (including phenoxy) is 1. The van der Waals surface area contributed by atoms with Crippen LogP contribution in [0.15, 0.2) is 60.7 Å². The molecule has 0 radical (unpaired) electrons. The van der Waals surface area contributed by atoms with Crippen LogP contribution in [0.3, 0.4) is 0 Å². The lowest BCUT2D eigenvalue weighted by Gasteiger charge is -2.33. The van der Waals surface area contributed by atoms with Crippen LogP contribution in [0.5, 0.6) is 0 Å². The third kappa shape index (κ3) is 8.54. The van der Waals surface area contributed by atoms with Crippen LogP contribution in [-0.4, -0.2) is 46.9 Å². The molecule has 0 fully saturated rings. The second-order valence-corrected chi connectivity index (χ2v) is 10.9. The second-order valence-electron chi connectivity index (χ2n) is 10.9. The van der Waals surface area contributed by atoms with Gasteiger partial charge in [-0.05, 0) is 63.1 Å². The van der Waals surface area contributed by atoms with Crippen LogP contribution >= 0.6 is 0 Å². The Morgan fingerprint density at radius 1 is 0.976 bits per heavy atom. The summed E-state index contributed by atoms with van der Waals surface area (Å²) in [7, 11) is 0. The number of nitriles is 1. The molecule has 3 rings (SSSR count). The molecule has 0 aromatic heterocycles. The van der Waals surface area contributed by atoms with Crippen LogP contribution in [0, 0.1) is 25.2 Å². The van der Waals surface area contributed by atoms with E-state index in [0.29, 0.717) is 11.3 Å². The van der Waals surface area contributed by atoms with Gasteiger partial charge in [0.1, 0.15) is 24.2 Å². The first-order valence-electron chi connectivity index (χ1n) is 13.1. The molecule has 41 heavy (non-hydrogen) atoms. The lowest BCUT2D eigenvalue weighted by molar-refractivity contribution is -0.141. The van der Waals surface area contributed by atoms with Gasteiger partial charge in [0, 0.05) is 5.69 Å². The zero-order valence-electron chi connectivity index (χ0n) is 23.9. The fourth-order valence-electron chi connectivity index (χ4n) is 4.54. The van der Waals surface area contributed by atoms with Crippen LogP contribution in [0.2, 0.25) is 0 Å². The summed E-state index contributed by atoms with van der Waals surface area (Å²) < 4.78 is 5.26. The summed E-state index contributed by atoms with van der Waals surface area (Å²) in [5.74, 6) is -2.28. The van der Waals surface area contributed by atoms with Crippen molar-refractivity contribution < 1.29 is 23.9 Å². The molecule has 3 aromatic rings. The number of nitrogens with one attached hydrogen (secondary N) is 2. The van der Waals surface area contributed by atoms with Gasteiger partial charge in [0.25, 0.3) is 5.91 Å². The second kappa shape index (κ2) is 13.0. The number of fused-ring (bicyclic) bond motifs is 1. The first kappa shape index (κ1) is 30.6. The molecule has 0 aliphatic heterocycles.